The Morgan fingerprint density at radius 3 is 2.26 bits per heavy atom. The van der Waals surface area contributed by atoms with E-state index in [0.29, 0.717) is 10.4 Å². The number of nitrogen functional groups attached to an aromatic ring is 1. The highest BCUT2D eigenvalue weighted by atomic mass is 32.1. The number of ether oxygens (including phenoxy) is 2. The lowest BCUT2D eigenvalue weighted by Gasteiger charge is -2.20. The van der Waals surface area contributed by atoms with E-state index in [4.69, 9.17) is 15.2 Å². The summed E-state index contributed by atoms with van der Waals surface area (Å²) in [6.07, 6.45) is 0. The lowest BCUT2D eigenvalue weighted by atomic mass is 9.84. The van der Waals surface area contributed by atoms with Crippen LogP contribution in [0.2, 0.25) is 0 Å². The molecule has 106 valence electrons. The molecule has 0 aliphatic carbocycles. The van der Waals surface area contributed by atoms with Crippen LogP contribution in [0.15, 0.2) is 0 Å². The van der Waals surface area contributed by atoms with Crippen LogP contribution in [0.1, 0.15) is 53.3 Å². The molecule has 1 aromatic heterocycles. The molecule has 19 heavy (non-hydrogen) atoms. The van der Waals surface area contributed by atoms with Crippen molar-refractivity contribution >= 4 is 28.3 Å². The number of nitrogens with two attached hydrogens (primary N) is 1. The fourth-order valence-corrected chi connectivity index (χ4v) is 2.99. The van der Waals surface area contributed by atoms with Gasteiger partial charge in [-0.2, -0.15) is 0 Å². The van der Waals surface area contributed by atoms with Crippen molar-refractivity contribution in [2.75, 3.05) is 19.5 Å². The van der Waals surface area contributed by atoms with E-state index >= 15 is 0 Å². The minimum atomic E-state index is -0.503. The number of rotatable bonds is 3. The van der Waals surface area contributed by atoms with E-state index in [2.05, 4.69) is 0 Å². The Bertz CT molecular complexity index is 499. The molecule has 1 heterocycles. The van der Waals surface area contributed by atoms with E-state index in [0.717, 1.165) is 11.3 Å². The Kier molecular flexibility index (Phi) is 4.57. The number of esters is 2. The summed E-state index contributed by atoms with van der Waals surface area (Å²) in [6.45, 7) is 7.70. The molecule has 0 atom stereocenters. The largest absolute Gasteiger partial charge is 0.465 e. The number of thiophene rings is 1. The van der Waals surface area contributed by atoms with Gasteiger partial charge in [-0.05, 0) is 17.9 Å². The summed E-state index contributed by atoms with van der Waals surface area (Å²) in [5.74, 6) is -0.992. The summed E-state index contributed by atoms with van der Waals surface area (Å²) >= 11 is 1.06. The molecule has 0 bridgehead atoms. The van der Waals surface area contributed by atoms with Gasteiger partial charge < -0.3 is 15.2 Å². The molecule has 6 heteroatoms. The molecule has 1 rings (SSSR count). The zero-order chi connectivity index (χ0) is 14.8. The Labute approximate surface area is 116 Å². The fraction of sp³-hybridized carbons (Fsp3) is 0.538. The standard InChI is InChI=1S/C13H19NO4S/c1-6-18-11(15)7-8(13(2,3)4)9(12(16)17-5)19-10(7)14/h6,14H2,1-5H3. The van der Waals surface area contributed by atoms with Crippen molar-refractivity contribution in [3.8, 4) is 0 Å². The Hall–Kier alpha value is -1.56. The van der Waals surface area contributed by atoms with Crippen LogP contribution in [0.5, 0.6) is 0 Å². The SMILES string of the molecule is CCOC(=O)c1c(N)sc(C(=O)OC)c1C(C)(C)C. The van der Waals surface area contributed by atoms with Crippen LogP contribution < -0.4 is 5.73 Å². The first-order valence-corrected chi connectivity index (χ1v) is 6.73. The lowest BCUT2D eigenvalue weighted by molar-refractivity contribution is 0.0525. The molecule has 0 aliphatic rings. The Balaban J connectivity index is 3.50. The third-order valence-electron chi connectivity index (χ3n) is 2.54. The monoisotopic (exact) mass is 285 g/mol. The molecule has 0 unspecified atom stereocenters. The molecular weight excluding hydrogens is 266 g/mol. The molecular formula is C13H19NO4S. The second-order valence-corrected chi connectivity index (χ2v) is 6.06. The molecule has 0 radical (unpaired) electrons. The molecule has 0 amide bonds. The van der Waals surface area contributed by atoms with Crippen molar-refractivity contribution in [3.63, 3.8) is 0 Å². The van der Waals surface area contributed by atoms with E-state index < -0.39 is 17.4 Å². The van der Waals surface area contributed by atoms with Gasteiger partial charge in [0.25, 0.3) is 0 Å². The van der Waals surface area contributed by atoms with Crippen molar-refractivity contribution in [1.29, 1.82) is 0 Å². The van der Waals surface area contributed by atoms with Crippen molar-refractivity contribution < 1.29 is 19.1 Å². The van der Waals surface area contributed by atoms with Crippen molar-refractivity contribution in [2.45, 2.75) is 33.1 Å². The Morgan fingerprint density at radius 2 is 1.84 bits per heavy atom. The maximum atomic E-state index is 12.0. The Morgan fingerprint density at radius 1 is 1.26 bits per heavy atom. The highest BCUT2D eigenvalue weighted by molar-refractivity contribution is 7.18. The van der Waals surface area contributed by atoms with Gasteiger partial charge in [-0.15, -0.1) is 11.3 Å². The highest BCUT2D eigenvalue weighted by Gasteiger charge is 2.33. The summed E-state index contributed by atoms with van der Waals surface area (Å²) < 4.78 is 9.75. The number of carbonyl (C=O) groups is 2. The minimum absolute atomic E-state index is 0.255. The van der Waals surface area contributed by atoms with E-state index in [1.807, 2.05) is 20.8 Å². The van der Waals surface area contributed by atoms with Gasteiger partial charge in [0.2, 0.25) is 0 Å². The average Bonchev–Trinajstić information content (AvgIpc) is 2.66. The molecule has 5 nitrogen and oxygen atoms in total. The summed E-state index contributed by atoms with van der Waals surface area (Å²) in [7, 11) is 1.30. The lowest BCUT2D eigenvalue weighted by Crippen LogP contribution is -2.20. The van der Waals surface area contributed by atoms with Crippen LogP contribution in [0, 0.1) is 0 Å². The van der Waals surface area contributed by atoms with Gasteiger partial charge in [-0.25, -0.2) is 9.59 Å². The molecule has 1 aromatic rings. The second-order valence-electron chi connectivity index (χ2n) is 5.01. The maximum absolute atomic E-state index is 12.0. The summed E-state index contributed by atoms with van der Waals surface area (Å²) in [4.78, 5) is 24.2. The van der Waals surface area contributed by atoms with Crippen LogP contribution >= 0.6 is 11.3 Å². The van der Waals surface area contributed by atoms with E-state index in [1.165, 1.54) is 7.11 Å². The van der Waals surface area contributed by atoms with Crippen LogP contribution in [0.4, 0.5) is 5.00 Å². The first-order chi connectivity index (χ1) is 8.73. The van der Waals surface area contributed by atoms with Gasteiger partial charge in [0.1, 0.15) is 9.88 Å². The number of hydrogen-bond donors (Lipinski definition) is 1. The van der Waals surface area contributed by atoms with Crippen molar-refractivity contribution in [1.82, 2.24) is 0 Å². The number of hydrogen-bond acceptors (Lipinski definition) is 6. The third-order valence-corrected chi connectivity index (χ3v) is 3.53. The molecule has 2 N–H and O–H groups in total. The first kappa shape index (κ1) is 15.5. The second kappa shape index (κ2) is 5.61. The van der Waals surface area contributed by atoms with E-state index in [9.17, 15) is 9.59 Å². The summed E-state index contributed by atoms with van der Waals surface area (Å²) in [5, 5.41) is 0.281. The van der Waals surface area contributed by atoms with Crippen LogP contribution in [-0.4, -0.2) is 25.7 Å². The molecule has 0 aromatic carbocycles. The van der Waals surface area contributed by atoms with Crippen LogP contribution in [0.3, 0.4) is 0 Å². The van der Waals surface area contributed by atoms with Gasteiger partial charge in [-0.3, -0.25) is 0 Å². The van der Waals surface area contributed by atoms with E-state index in [1.54, 1.807) is 6.92 Å². The van der Waals surface area contributed by atoms with Crippen molar-refractivity contribution in [2.24, 2.45) is 0 Å². The fourth-order valence-electron chi connectivity index (χ4n) is 1.81. The maximum Gasteiger partial charge on any atom is 0.348 e. The predicted molar refractivity (Wildman–Crippen MR) is 74.7 cm³/mol. The zero-order valence-corrected chi connectivity index (χ0v) is 12.6. The van der Waals surface area contributed by atoms with Gasteiger partial charge >= 0.3 is 11.9 Å². The predicted octanol–water partition coefficient (Wildman–Crippen LogP) is 2.59. The molecule has 0 saturated carbocycles. The van der Waals surface area contributed by atoms with Gasteiger partial charge in [0, 0.05) is 0 Å². The third kappa shape index (κ3) is 3.07. The zero-order valence-electron chi connectivity index (χ0n) is 11.8. The van der Waals surface area contributed by atoms with Gasteiger partial charge in [0.05, 0.1) is 19.3 Å². The highest BCUT2D eigenvalue weighted by Crippen LogP contribution is 2.39. The first-order valence-electron chi connectivity index (χ1n) is 5.92. The van der Waals surface area contributed by atoms with Gasteiger partial charge in [0.15, 0.2) is 0 Å². The average molecular weight is 285 g/mol. The van der Waals surface area contributed by atoms with Crippen molar-refractivity contribution in [3.05, 3.63) is 16.0 Å². The normalized spacial score (nSPS) is 11.2. The molecule has 0 fully saturated rings. The number of carbonyl (C=O) groups excluding carboxylic acids is 2. The van der Waals surface area contributed by atoms with E-state index in [-0.39, 0.29) is 17.2 Å². The smallest absolute Gasteiger partial charge is 0.348 e. The minimum Gasteiger partial charge on any atom is -0.465 e. The summed E-state index contributed by atoms with van der Waals surface area (Å²) in [5.41, 5.74) is 6.32. The molecule has 0 spiro atoms. The van der Waals surface area contributed by atoms with Crippen LogP contribution in [0.25, 0.3) is 0 Å². The quantitative estimate of drug-likeness (QED) is 0.864. The number of methoxy groups -OCH3 is 1. The van der Waals surface area contributed by atoms with Crippen LogP contribution in [-0.2, 0) is 14.9 Å². The summed E-state index contributed by atoms with van der Waals surface area (Å²) in [6, 6.07) is 0. The topological polar surface area (TPSA) is 78.6 Å². The number of anilines is 1. The van der Waals surface area contributed by atoms with Gasteiger partial charge in [-0.1, -0.05) is 20.8 Å². The molecule has 0 saturated heterocycles. The molecule has 0 aliphatic heterocycles.